The van der Waals surface area contributed by atoms with Crippen molar-refractivity contribution < 1.29 is 9.59 Å². The number of hydrogen-bond acceptors (Lipinski definition) is 2. The monoisotopic (exact) mass is 251 g/mol. The average molecular weight is 251 g/mol. The lowest BCUT2D eigenvalue weighted by Gasteiger charge is -2.07. The van der Waals surface area contributed by atoms with E-state index in [2.05, 4.69) is 5.32 Å². The smallest absolute Gasteiger partial charge is 0.228 e. The van der Waals surface area contributed by atoms with Crippen molar-refractivity contribution in [1.82, 2.24) is 0 Å². The van der Waals surface area contributed by atoms with E-state index >= 15 is 0 Å². The molecule has 0 atom stereocenters. The number of rotatable bonds is 2. The number of carbonyl (C=O) groups excluding carboxylic acids is 2. The summed E-state index contributed by atoms with van der Waals surface area (Å²) in [5.41, 5.74) is 3.87. The van der Waals surface area contributed by atoms with Crippen molar-refractivity contribution in [3.05, 3.63) is 64.7 Å². The van der Waals surface area contributed by atoms with Crippen LogP contribution >= 0.6 is 0 Å². The van der Waals surface area contributed by atoms with E-state index in [4.69, 9.17) is 0 Å². The Kier molecular flexibility index (Phi) is 2.67. The number of aryl methyl sites for hydroxylation is 1. The van der Waals surface area contributed by atoms with Gasteiger partial charge in [-0.25, -0.2) is 0 Å². The number of anilines is 1. The van der Waals surface area contributed by atoms with Crippen molar-refractivity contribution in [2.24, 2.45) is 0 Å². The molecule has 0 unspecified atom stereocenters. The van der Waals surface area contributed by atoms with Crippen LogP contribution < -0.4 is 5.32 Å². The summed E-state index contributed by atoms with van der Waals surface area (Å²) in [6.07, 6.45) is 0.352. The molecule has 19 heavy (non-hydrogen) atoms. The number of fused-ring (bicyclic) bond motifs is 1. The summed E-state index contributed by atoms with van der Waals surface area (Å²) in [7, 11) is 0. The first kappa shape index (κ1) is 11.7. The molecular weight excluding hydrogens is 238 g/mol. The quantitative estimate of drug-likeness (QED) is 0.834. The van der Waals surface area contributed by atoms with Crippen molar-refractivity contribution in [2.75, 3.05) is 5.32 Å². The first-order chi connectivity index (χ1) is 9.15. The standard InChI is InChI=1S/C16H13NO2/c1-10-5-7-11(8-6-10)16(19)13-4-2-3-12-9-14(18)17-15(12)13/h2-8H,9H2,1H3,(H,17,18). The first-order valence-corrected chi connectivity index (χ1v) is 6.18. The number of carbonyl (C=O) groups is 2. The fourth-order valence-corrected chi connectivity index (χ4v) is 2.30. The van der Waals surface area contributed by atoms with Gasteiger partial charge in [0.1, 0.15) is 0 Å². The second-order valence-corrected chi connectivity index (χ2v) is 4.76. The Bertz CT molecular complexity index is 672. The lowest BCUT2D eigenvalue weighted by atomic mass is 9.98. The van der Waals surface area contributed by atoms with Crippen LogP contribution in [-0.2, 0) is 11.2 Å². The summed E-state index contributed by atoms with van der Waals surface area (Å²) in [4.78, 5) is 23.9. The minimum atomic E-state index is -0.0564. The van der Waals surface area contributed by atoms with E-state index in [9.17, 15) is 9.59 Å². The lowest BCUT2D eigenvalue weighted by molar-refractivity contribution is -0.115. The van der Waals surface area contributed by atoms with E-state index in [1.54, 1.807) is 6.07 Å². The van der Waals surface area contributed by atoms with E-state index < -0.39 is 0 Å². The van der Waals surface area contributed by atoms with Gasteiger partial charge in [-0.05, 0) is 18.6 Å². The maximum Gasteiger partial charge on any atom is 0.228 e. The third-order valence-electron chi connectivity index (χ3n) is 3.32. The van der Waals surface area contributed by atoms with Crippen LogP contribution in [0.2, 0.25) is 0 Å². The zero-order valence-electron chi connectivity index (χ0n) is 10.6. The molecule has 0 fully saturated rings. The predicted octanol–water partition coefficient (Wildman–Crippen LogP) is 2.72. The SMILES string of the molecule is Cc1ccc(C(=O)c2cccc3c2NC(=O)C3)cc1. The van der Waals surface area contributed by atoms with Crippen LogP contribution in [0.25, 0.3) is 0 Å². The van der Waals surface area contributed by atoms with Crippen LogP contribution in [0, 0.1) is 6.92 Å². The molecule has 2 aromatic rings. The molecule has 0 aromatic heterocycles. The first-order valence-electron chi connectivity index (χ1n) is 6.18. The Morgan fingerprint density at radius 1 is 1.11 bits per heavy atom. The van der Waals surface area contributed by atoms with Gasteiger partial charge in [-0.3, -0.25) is 9.59 Å². The van der Waals surface area contributed by atoms with Crippen LogP contribution in [0.4, 0.5) is 5.69 Å². The van der Waals surface area contributed by atoms with Gasteiger partial charge in [-0.1, -0.05) is 42.0 Å². The van der Waals surface area contributed by atoms with Gasteiger partial charge in [-0.2, -0.15) is 0 Å². The van der Waals surface area contributed by atoms with Gasteiger partial charge >= 0.3 is 0 Å². The zero-order chi connectivity index (χ0) is 13.4. The van der Waals surface area contributed by atoms with Crippen LogP contribution in [0.3, 0.4) is 0 Å². The molecule has 0 saturated carbocycles. The van der Waals surface area contributed by atoms with Crippen LogP contribution in [0.1, 0.15) is 27.0 Å². The number of ketones is 1. The second kappa shape index (κ2) is 4.35. The molecule has 0 radical (unpaired) electrons. The Labute approximate surface area is 111 Å². The predicted molar refractivity (Wildman–Crippen MR) is 73.4 cm³/mol. The minimum absolute atomic E-state index is 0.0563. The zero-order valence-corrected chi connectivity index (χ0v) is 10.6. The fourth-order valence-electron chi connectivity index (χ4n) is 2.30. The summed E-state index contributed by atoms with van der Waals surface area (Å²) in [5, 5.41) is 2.77. The van der Waals surface area contributed by atoms with Gasteiger partial charge in [0, 0.05) is 11.1 Å². The van der Waals surface area contributed by atoms with Crippen LogP contribution in [-0.4, -0.2) is 11.7 Å². The third kappa shape index (κ3) is 2.03. The van der Waals surface area contributed by atoms with E-state index in [1.165, 1.54) is 0 Å². The summed E-state index contributed by atoms with van der Waals surface area (Å²) >= 11 is 0. The average Bonchev–Trinajstić information content (AvgIpc) is 2.78. The van der Waals surface area contributed by atoms with E-state index in [-0.39, 0.29) is 11.7 Å². The molecule has 2 aromatic carbocycles. The molecule has 0 bridgehead atoms. The van der Waals surface area contributed by atoms with Crippen LogP contribution in [0.15, 0.2) is 42.5 Å². The highest BCUT2D eigenvalue weighted by molar-refractivity contribution is 6.16. The van der Waals surface area contributed by atoms with Gasteiger partial charge in [0.15, 0.2) is 5.78 Å². The maximum atomic E-state index is 12.5. The molecule has 1 heterocycles. The normalized spacial score (nSPS) is 13.0. The number of para-hydroxylation sites is 1. The maximum absolute atomic E-state index is 12.5. The highest BCUT2D eigenvalue weighted by Gasteiger charge is 2.23. The molecule has 94 valence electrons. The van der Waals surface area contributed by atoms with Crippen molar-refractivity contribution in [3.63, 3.8) is 0 Å². The second-order valence-electron chi connectivity index (χ2n) is 4.76. The molecule has 1 amide bonds. The molecule has 0 aliphatic carbocycles. The Morgan fingerprint density at radius 2 is 1.84 bits per heavy atom. The summed E-state index contributed by atoms with van der Waals surface area (Å²) in [6, 6.07) is 12.9. The minimum Gasteiger partial charge on any atom is -0.325 e. The van der Waals surface area contributed by atoms with E-state index in [0.717, 1.165) is 11.1 Å². The van der Waals surface area contributed by atoms with Crippen LogP contribution in [0.5, 0.6) is 0 Å². The van der Waals surface area contributed by atoms with E-state index in [0.29, 0.717) is 23.2 Å². The van der Waals surface area contributed by atoms with Gasteiger partial charge in [-0.15, -0.1) is 0 Å². The fraction of sp³-hybridized carbons (Fsp3) is 0.125. The highest BCUT2D eigenvalue weighted by atomic mass is 16.2. The van der Waals surface area contributed by atoms with Crippen molar-refractivity contribution >= 4 is 17.4 Å². The van der Waals surface area contributed by atoms with Gasteiger partial charge in [0.25, 0.3) is 0 Å². The summed E-state index contributed by atoms with van der Waals surface area (Å²) < 4.78 is 0. The Balaban J connectivity index is 2.04. The molecule has 0 saturated heterocycles. The van der Waals surface area contributed by atoms with Crippen molar-refractivity contribution in [2.45, 2.75) is 13.3 Å². The molecule has 1 N–H and O–H groups in total. The Morgan fingerprint density at radius 3 is 2.58 bits per heavy atom. The largest absolute Gasteiger partial charge is 0.325 e. The van der Waals surface area contributed by atoms with Crippen molar-refractivity contribution in [1.29, 1.82) is 0 Å². The summed E-state index contributed by atoms with van der Waals surface area (Å²) in [6.45, 7) is 1.98. The molecule has 3 rings (SSSR count). The summed E-state index contributed by atoms with van der Waals surface area (Å²) in [5.74, 6) is -0.113. The topological polar surface area (TPSA) is 46.2 Å². The number of benzene rings is 2. The molecule has 3 nitrogen and oxygen atoms in total. The lowest BCUT2D eigenvalue weighted by Crippen LogP contribution is -2.08. The third-order valence-corrected chi connectivity index (χ3v) is 3.32. The number of nitrogens with one attached hydrogen (secondary N) is 1. The number of amides is 1. The van der Waals surface area contributed by atoms with Crippen molar-refractivity contribution in [3.8, 4) is 0 Å². The Hall–Kier alpha value is -2.42. The molecule has 1 aliphatic rings. The molecule has 3 heteroatoms. The van der Waals surface area contributed by atoms with Gasteiger partial charge in [0.2, 0.25) is 5.91 Å². The molecule has 0 spiro atoms. The number of hydrogen-bond donors (Lipinski definition) is 1. The molecule has 1 aliphatic heterocycles. The van der Waals surface area contributed by atoms with Gasteiger partial charge in [0.05, 0.1) is 12.1 Å². The highest BCUT2D eigenvalue weighted by Crippen LogP contribution is 2.28. The molecular formula is C16H13NO2. The van der Waals surface area contributed by atoms with Gasteiger partial charge < -0.3 is 5.32 Å². The van der Waals surface area contributed by atoms with E-state index in [1.807, 2.05) is 43.3 Å².